The van der Waals surface area contributed by atoms with Gasteiger partial charge < -0.3 is 9.64 Å². The fourth-order valence-electron chi connectivity index (χ4n) is 2.36. The summed E-state index contributed by atoms with van der Waals surface area (Å²) in [5.74, 6) is 1.31. The lowest BCUT2D eigenvalue weighted by atomic mass is 10.3. The van der Waals surface area contributed by atoms with Gasteiger partial charge in [0.1, 0.15) is 12.1 Å². The number of hydrogen-bond donors (Lipinski definition) is 0. The van der Waals surface area contributed by atoms with Gasteiger partial charge in [-0.1, -0.05) is 25.6 Å². The van der Waals surface area contributed by atoms with Crippen LogP contribution in [0, 0.1) is 0 Å². The number of ether oxygens (including phenoxy) is 1. The van der Waals surface area contributed by atoms with Crippen molar-refractivity contribution >= 4 is 17.7 Å². The van der Waals surface area contributed by atoms with E-state index in [0.717, 1.165) is 37.4 Å². The van der Waals surface area contributed by atoms with Crippen LogP contribution >= 0.6 is 11.8 Å². The Kier molecular flexibility index (Phi) is 7.11. The molecule has 0 unspecified atom stereocenters. The first-order valence-corrected chi connectivity index (χ1v) is 9.13. The summed E-state index contributed by atoms with van der Waals surface area (Å²) in [5, 5.41) is 8.81. The van der Waals surface area contributed by atoms with Gasteiger partial charge in [-0.3, -0.25) is 9.36 Å². The zero-order valence-electron chi connectivity index (χ0n) is 14.4. The normalized spacial score (nSPS) is 10.6. The van der Waals surface area contributed by atoms with Gasteiger partial charge in [0.2, 0.25) is 5.91 Å². The van der Waals surface area contributed by atoms with Gasteiger partial charge in [0.15, 0.2) is 5.16 Å². The Morgan fingerprint density at radius 3 is 2.46 bits per heavy atom. The van der Waals surface area contributed by atoms with E-state index < -0.39 is 0 Å². The van der Waals surface area contributed by atoms with Crippen molar-refractivity contribution in [1.82, 2.24) is 19.7 Å². The molecule has 6 nitrogen and oxygen atoms in total. The highest BCUT2D eigenvalue weighted by atomic mass is 32.2. The quantitative estimate of drug-likeness (QED) is 0.652. The molecule has 130 valence electrons. The first-order chi connectivity index (χ1) is 11.7. The summed E-state index contributed by atoms with van der Waals surface area (Å²) in [6.07, 6.45) is 3.60. The summed E-state index contributed by atoms with van der Waals surface area (Å²) in [7, 11) is 1.64. The maximum absolute atomic E-state index is 12.4. The van der Waals surface area contributed by atoms with Crippen LogP contribution in [0.15, 0.2) is 35.7 Å². The molecular weight excluding hydrogens is 324 g/mol. The lowest BCUT2D eigenvalue weighted by Crippen LogP contribution is -2.33. The minimum Gasteiger partial charge on any atom is -0.497 e. The summed E-state index contributed by atoms with van der Waals surface area (Å²) in [4.78, 5) is 14.3. The van der Waals surface area contributed by atoms with Crippen LogP contribution in [0.5, 0.6) is 5.75 Å². The Morgan fingerprint density at radius 2 is 1.88 bits per heavy atom. The molecule has 2 rings (SSSR count). The first-order valence-electron chi connectivity index (χ1n) is 8.14. The number of benzene rings is 1. The van der Waals surface area contributed by atoms with E-state index in [4.69, 9.17) is 4.74 Å². The second-order valence-corrected chi connectivity index (χ2v) is 6.29. The van der Waals surface area contributed by atoms with E-state index in [1.165, 1.54) is 11.8 Å². The Hall–Kier alpha value is -2.02. The van der Waals surface area contributed by atoms with Crippen molar-refractivity contribution < 1.29 is 9.53 Å². The number of hydrogen-bond acceptors (Lipinski definition) is 5. The molecule has 7 heteroatoms. The molecule has 0 atom stereocenters. The van der Waals surface area contributed by atoms with Crippen molar-refractivity contribution in [1.29, 1.82) is 0 Å². The standard InChI is InChI=1S/C17H24N4O2S/c1-4-10-20(11-5-2)16(22)12-24-17-19-18-13-21(17)14-6-8-15(23-3)9-7-14/h6-9,13H,4-5,10-12H2,1-3H3. The van der Waals surface area contributed by atoms with Gasteiger partial charge in [-0.05, 0) is 37.1 Å². The van der Waals surface area contributed by atoms with Gasteiger partial charge in [0.05, 0.1) is 12.9 Å². The molecule has 0 bridgehead atoms. The van der Waals surface area contributed by atoms with E-state index >= 15 is 0 Å². The molecule has 24 heavy (non-hydrogen) atoms. The second-order valence-electron chi connectivity index (χ2n) is 5.35. The Morgan fingerprint density at radius 1 is 1.21 bits per heavy atom. The average Bonchev–Trinajstić information content (AvgIpc) is 3.08. The topological polar surface area (TPSA) is 60.2 Å². The molecule has 0 saturated heterocycles. The zero-order chi connectivity index (χ0) is 17.4. The minimum absolute atomic E-state index is 0.146. The molecule has 1 amide bonds. The highest BCUT2D eigenvalue weighted by Crippen LogP contribution is 2.21. The molecule has 0 N–H and O–H groups in total. The molecule has 0 fully saturated rings. The summed E-state index contributed by atoms with van der Waals surface area (Å²) in [5.41, 5.74) is 0.940. The molecule has 0 radical (unpaired) electrons. The number of rotatable bonds is 9. The number of methoxy groups -OCH3 is 1. The summed E-state index contributed by atoms with van der Waals surface area (Å²) in [6, 6.07) is 7.65. The number of amides is 1. The molecule has 0 spiro atoms. The molecule has 0 aliphatic rings. The largest absolute Gasteiger partial charge is 0.497 e. The van der Waals surface area contributed by atoms with Gasteiger partial charge in [-0.25, -0.2) is 0 Å². The summed E-state index contributed by atoms with van der Waals surface area (Å²) in [6.45, 7) is 5.78. The SMILES string of the molecule is CCCN(CCC)C(=O)CSc1nncn1-c1ccc(OC)cc1. The third-order valence-corrected chi connectivity index (χ3v) is 4.46. The fraction of sp³-hybridized carbons (Fsp3) is 0.471. The molecule has 1 aromatic heterocycles. The van der Waals surface area contributed by atoms with E-state index in [2.05, 4.69) is 24.0 Å². The number of carbonyl (C=O) groups excluding carboxylic acids is 1. The number of aromatic nitrogens is 3. The second kappa shape index (κ2) is 9.32. The number of carbonyl (C=O) groups is 1. The fourth-order valence-corrected chi connectivity index (χ4v) is 3.19. The molecule has 0 saturated carbocycles. The lowest BCUT2D eigenvalue weighted by molar-refractivity contribution is -0.128. The Bertz CT molecular complexity index is 636. The van der Waals surface area contributed by atoms with Crippen LogP contribution < -0.4 is 4.74 Å². The summed E-state index contributed by atoms with van der Waals surface area (Å²) >= 11 is 1.41. The molecule has 0 aliphatic heterocycles. The first kappa shape index (κ1) is 18.3. The monoisotopic (exact) mass is 348 g/mol. The molecular formula is C17H24N4O2S. The van der Waals surface area contributed by atoms with Crippen LogP contribution in [0.4, 0.5) is 0 Å². The number of nitrogens with zero attached hydrogens (tertiary/aromatic N) is 4. The van der Waals surface area contributed by atoms with Gasteiger partial charge in [-0.15, -0.1) is 10.2 Å². The third kappa shape index (κ3) is 4.74. The summed E-state index contributed by atoms with van der Waals surface area (Å²) < 4.78 is 7.05. The van der Waals surface area contributed by atoms with Crippen molar-refractivity contribution in [2.24, 2.45) is 0 Å². The van der Waals surface area contributed by atoms with Crippen molar-refractivity contribution in [2.45, 2.75) is 31.8 Å². The van der Waals surface area contributed by atoms with Crippen molar-refractivity contribution in [3.63, 3.8) is 0 Å². The molecule has 0 aliphatic carbocycles. The maximum atomic E-state index is 12.4. The van der Waals surface area contributed by atoms with Crippen molar-refractivity contribution in [2.75, 3.05) is 26.0 Å². The maximum Gasteiger partial charge on any atom is 0.233 e. The van der Waals surface area contributed by atoms with E-state index in [1.807, 2.05) is 33.7 Å². The van der Waals surface area contributed by atoms with E-state index in [9.17, 15) is 4.79 Å². The van der Waals surface area contributed by atoms with Crippen LogP contribution in [-0.2, 0) is 4.79 Å². The van der Waals surface area contributed by atoms with E-state index in [-0.39, 0.29) is 5.91 Å². The van der Waals surface area contributed by atoms with Crippen LogP contribution in [-0.4, -0.2) is 51.5 Å². The average molecular weight is 348 g/mol. The molecule has 1 heterocycles. The van der Waals surface area contributed by atoms with Crippen molar-refractivity contribution in [3.8, 4) is 11.4 Å². The van der Waals surface area contributed by atoms with E-state index in [0.29, 0.717) is 10.9 Å². The van der Waals surface area contributed by atoms with Crippen LogP contribution in [0.25, 0.3) is 5.69 Å². The van der Waals surface area contributed by atoms with E-state index in [1.54, 1.807) is 13.4 Å². The lowest BCUT2D eigenvalue weighted by Gasteiger charge is -2.21. The zero-order valence-corrected chi connectivity index (χ0v) is 15.3. The van der Waals surface area contributed by atoms with Crippen LogP contribution in [0.3, 0.4) is 0 Å². The van der Waals surface area contributed by atoms with Gasteiger partial charge in [-0.2, -0.15) is 0 Å². The van der Waals surface area contributed by atoms with Gasteiger partial charge in [0.25, 0.3) is 0 Å². The molecule has 1 aromatic carbocycles. The third-order valence-electron chi connectivity index (χ3n) is 3.53. The predicted molar refractivity (Wildman–Crippen MR) is 95.8 cm³/mol. The van der Waals surface area contributed by atoms with Gasteiger partial charge >= 0.3 is 0 Å². The smallest absolute Gasteiger partial charge is 0.233 e. The Balaban J connectivity index is 2.03. The van der Waals surface area contributed by atoms with Crippen LogP contribution in [0.1, 0.15) is 26.7 Å². The number of thioether (sulfide) groups is 1. The van der Waals surface area contributed by atoms with Crippen molar-refractivity contribution in [3.05, 3.63) is 30.6 Å². The highest BCUT2D eigenvalue weighted by Gasteiger charge is 2.15. The van der Waals surface area contributed by atoms with Crippen LogP contribution in [0.2, 0.25) is 0 Å². The predicted octanol–water partition coefficient (Wildman–Crippen LogP) is 3.02. The minimum atomic E-state index is 0.146. The molecule has 2 aromatic rings. The van der Waals surface area contributed by atoms with Gasteiger partial charge in [0, 0.05) is 18.8 Å². The highest BCUT2D eigenvalue weighted by molar-refractivity contribution is 7.99. The Labute approximate surface area is 147 Å².